The third kappa shape index (κ3) is 6.45. The number of nitrogens with one attached hydrogen (secondary N) is 1. The summed E-state index contributed by atoms with van der Waals surface area (Å²) in [6.45, 7) is 9.28. The second-order valence-corrected chi connectivity index (χ2v) is 11.7. The van der Waals surface area contributed by atoms with Gasteiger partial charge >= 0.3 is 13.6 Å². The summed E-state index contributed by atoms with van der Waals surface area (Å²) in [5, 5.41) is 8.38. The van der Waals surface area contributed by atoms with Gasteiger partial charge in [0.25, 0.3) is 0 Å². The third-order valence-electron chi connectivity index (χ3n) is 5.75. The SMILES string of the molecule is CCOC(=O)c1sc(NC(c2c(C)nn(-c3ccccc3)c2Oc2ccccc2)P(=O)(OCC)OCC)nc1C. The molecular formula is C28H33N4O6PS. The van der Waals surface area contributed by atoms with E-state index < -0.39 is 19.3 Å². The van der Waals surface area contributed by atoms with Gasteiger partial charge in [0.05, 0.1) is 42.5 Å². The van der Waals surface area contributed by atoms with E-state index in [9.17, 15) is 9.36 Å². The van der Waals surface area contributed by atoms with Crippen LogP contribution in [0.2, 0.25) is 0 Å². The standard InChI is InChI=1S/C28H33N4O6PS/c1-6-35-27(33)24-20(5)29-28(40-24)30-25(39(34,36-7-2)37-8-3)23-19(4)31-32(21-15-11-9-12-16-21)26(23)38-22-17-13-10-14-18-22/h9-18,25H,6-8H2,1-5H3,(H,29,30). The molecule has 4 rings (SSSR count). The molecule has 0 spiro atoms. The largest absolute Gasteiger partial charge is 0.462 e. The van der Waals surface area contributed by atoms with Gasteiger partial charge in [-0.1, -0.05) is 47.7 Å². The first-order chi connectivity index (χ1) is 19.3. The summed E-state index contributed by atoms with van der Waals surface area (Å²) in [5.41, 5.74) is 2.26. The molecule has 1 N–H and O–H groups in total. The van der Waals surface area contributed by atoms with E-state index in [-0.39, 0.29) is 19.8 Å². The molecule has 212 valence electrons. The number of hydrogen-bond acceptors (Lipinski definition) is 10. The van der Waals surface area contributed by atoms with Gasteiger partial charge in [-0.25, -0.2) is 14.5 Å². The number of benzene rings is 2. The summed E-state index contributed by atoms with van der Waals surface area (Å²) < 4.78 is 39.3. The first-order valence-electron chi connectivity index (χ1n) is 13.0. The summed E-state index contributed by atoms with van der Waals surface area (Å²) in [4.78, 5) is 17.4. The lowest BCUT2D eigenvalue weighted by Crippen LogP contribution is -2.16. The first-order valence-corrected chi connectivity index (χ1v) is 15.4. The van der Waals surface area contributed by atoms with Crippen LogP contribution in [0.4, 0.5) is 5.13 Å². The number of anilines is 1. The molecule has 0 bridgehead atoms. The average Bonchev–Trinajstić information content (AvgIpc) is 3.47. The Labute approximate surface area is 237 Å². The second-order valence-electron chi connectivity index (χ2n) is 8.54. The molecule has 0 saturated heterocycles. The maximum absolute atomic E-state index is 14.4. The molecule has 2 aromatic carbocycles. The van der Waals surface area contributed by atoms with Crippen molar-refractivity contribution in [1.82, 2.24) is 14.8 Å². The summed E-state index contributed by atoms with van der Waals surface area (Å²) in [5.74, 6) is -0.631. The van der Waals surface area contributed by atoms with Crippen LogP contribution >= 0.6 is 18.9 Å². The van der Waals surface area contributed by atoms with Gasteiger partial charge in [-0.05, 0) is 58.9 Å². The Morgan fingerprint density at radius 1 is 0.950 bits per heavy atom. The number of carbonyl (C=O) groups excluding carboxylic acids is 1. The Balaban J connectivity index is 1.91. The van der Waals surface area contributed by atoms with Crippen LogP contribution in [0.3, 0.4) is 0 Å². The van der Waals surface area contributed by atoms with Crippen molar-refractivity contribution in [1.29, 1.82) is 0 Å². The number of rotatable bonds is 13. The average molecular weight is 585 g/mol. The van der Waals surface area contributed by atoms with E-state index in [0.29, 0.717) is 38.6 Å². The highest BCUT2D eigenvalue weighted by Crippen LogP contribution is 2.63. The van der Waals surface area contributed by atoms with Crippen molar-refractivity contribution in [3.8, 4) is 17.3 Å². The maximum Gasteiger partial charge on any atom is 0.357 e. The lowest BCUT2D eigenvalue weighted by Gasteiger charge is -2.27. The van der Waals surface area contributed by atoms with Crippen molar-refractivity contribution < 1.29 is 27.9 Å². The number of nitrogens with zero attached hydrogens (tertiary/aromatic N) is 3. The summed E-state index contributed by atoms with van der Waals surface area (Å²) in [6, 6.07) is 18.8. The molecule has 0 aliphatic heterocycles. The van der Waals surface area contributed by atoms with Crippen LogP contribution in [-0.4, -0.2) is 40.6 Å². The van der Waals surface area contributed by atoms with Gasteiger partial charge < -0.3 is 23.8 Å². The van der Waals surface area contributed by atoms with Crippen LogP contribution in [0.1, 0.15) is 53.2 Å². The Hall–Kier alpha value is -3.50. The molecule has 0 radical (unpaired) electrons. The highest BCUT2D eigenvalue weighted by molar-refractivity contribution is 7.54. The Bertz CT molecular complexity index is 1460. The van der Waals surface area contributed by atoms with Crippen molar-refractivity contribution in [3.63, 3.8) is 0 Å². The topological polar surface area (TPSA) is 114 Å². The van der Waals surface area contributed by atoms with Crippen LogP contribution in [0.15, 0.2) is 60.7 Å². The number of aryl methyl sites for hydroxylation is 2. The molecule has 0 aliphatic carbocycles. The molecule has 4 aromatic rings. The Kier molecular flexibility index (Phi) is 9.76. The minimum atomic E-state index is -3.89. The van der Waals surface area contributed by atoms with Crippen molar-refractivity contribution in [2.24, 2.45) is 0 Å². The van der Waals surface area contributed by atoms with Crippen molar-refractivity contribution >= 4 is 30.0 Å². The van der Waals surface area contributed by atoms with E-state index in [1.165, 1.54) is 0 Å². The van der Waals surface area contributed by atoms with Gasteiger partial charge in [0.15, 0.2) is 10.9 Å². The fraction of sp³-hybridized carbons (Fsp3) is 0.321. The van der Waals surface area contributed by atoms with E-state index in [0.717, 1.165) is 17.0 Å². The van der Waals surface area contributed by atoms with E-state index in [2.05, 4.69) is 10.3 Å². The molecule has 0 fully saturated rings. The zero-order valence-electron chi connectivity index (χ0n) is 23.1. The highest BCUT2D eigenvalue weighted by Gasteiger charge is 2.43. The van der Waals surface area contributed by atoms with Crippen molar-refractivity contribution in [3.05, 3.63) is 82.5 Å². The second kappa shape index (κ2) is 13.2. The number of esters is 1. The third-order valence-corrected chi connectivity index (χ3v) is 9.07. The van der Waals surface area contributed by atoms with Gasteiger partial charge in [-0.2, -0.15) is 5.10 Å². The normalized spacial score (nSPS) is 12.2. The number of carbonyl (C=O) groups is 1. The molecule has 10 nitrogen and oxygen atoms in total. The van der Waals surface area contributed by atoms with Gasteiger partial charge in [-0.3, -0.25) is 4.57 Å². The molecule has 12 heteroatoms. The Morgan fingerprint density at radius 2 is 1.57 bits per heavy atom. The first kappa shape index (κ1) is 29.5. The van der Waals surface area contributed by atoms with Gasteiger partial charge in [0.1, 0.15) is 10.6 Å². The highest BCUT2D eigenvalue weighted by atomic mass is 32.1. The molecule has 40 heavy (non-hydrogen) atoms. The summed E-state index contributed by atoms with van der Waals surface area (Å²) >= 11 is 1.10. The lowest BCUT2D eigenvalue weighted by molar-refractivity contribution is 0.0531. The van der Waals surface area contributed by atoms with E-state index >= 15 is 0 Å². The number of para-hydroxylation sites is 2. The zero-order valence-corrected chi connectivity index (χ0v) is 24.8. The van der Waals surface area contributed by atoms with Crippen molar-refractivity contribution in [2.75, 3.05) is 25.1 Å². The Morgan fingerprint density at radius 3 is 2.17 bits per heavy atom. The van der Waals surface area contributed by atoms with Crippen LogP contribution in [0, 0.1) is 13.8 Å². The van der Waals surface area contributed by atoms with E-state index in [4.69, 9.17) is 23.6 Å². The van der Waals surface area contributed by atoms with E-state index in [1.807, 2.05) is 60.7 Å². The van der Waals surface area contributed by atoms with Gasteiger partial charge in [0, 0.05) is 0 Å². The molecular weight excluding hydrogens is 551 g/mol. The molecule has 2 aromatic heterocycles. The smallest absolute Gasteiger partial charge is 0.357 e. The minimum absolute atomic E-state index is 0.140. The lowest BCUT2D eigenvalue weighted by atomic mass is 10.2. The predicted molar refractivity (Wildman–Crippen MR) is 155 cm³/mol. The van der Waals surface area contributed by atoms with Crippen LogP contribution in [-0.2, 0) is 18.3 Å². The van der Waals surface area contributed by atoms with Crippen LogP contribution in [0.5, 0.6) is 11.6 Å². The fourth-order valence-electron chi connectivity index (χ4n) is 4.09. The van der Waals surface area contributed by atoms with E-state index in [1.54, 1.807) is 39.3 Å². The molecule has 0 aliphatic rings. The number of aromatic nitrogens is 3. The van der Waals surface area contributed by atoms with Gasteiger partial charge in [-0.15, -0.1) is 0 Å². The molecule has 0 saturated carbocycles. The van der Waals surface area contributed by atoms with Crippen LogP contribution < -0.4 is 10.1 Å². The monoisotopic (exact) mass is 584 g/mol. The zero-order chi connectivity index (χ0) is 28.7. The molecule has 1 unspecified atom stereocenters. The predicted octanol–water partition coefficient (Wildman–Crippen LogP) is 7.29. The quantitative estimate of drug-likeness (QED) is 0.128. The fourth-order valence-corrected chi connectivity index (χ4v) is 7.05. The summed E-state index contributed by atoms with van der Waals surface area (Å²) in [7, 11) is -3.89. The minimum Gasteiger partial charge on any atom is -0.462 e. The maximum atomic E-state index is 14.4. The van der Waals surface area contributed by atoms with Crippen LogP contribution in [0.25, 0.3) is 5.69 Å². The molecule has 0 amide bonds. The van der Waals surface area contributed by atoms with Crippen molar-refractivity contribution in [2.45, 2.75) is 40.4 Å². The summed E-state index contributed by atoms with van der Waals surface area (Å²) in [6.07, 6.45) is 0. The number of thiazole rings is 1. The molecule has 1 atom stereocenters. The number of ether oxygens (including phenoxy) is 2. The number of hydrogen-bond donors (Lipinski definition) is 1. The molecule has 2 heterocycles. The van der Waals surface area contributed by atoms with Gasteiger partial charge in [0.2, 0.25) is 5.88 Å².